The van der Waals surface area contributed by atoms with Gasteiger partial charge in [0.1, 0.15) is 5.75 Å². The summed E-state index contributed by atoms with van der Waals surface area (Å²) in [6.07, 6.45) is 2.76. The fourth-order valence-corrected chi connectivity index (χ4v) is 5.12. The van der Waals surface area contributed by atoms with E-state index < -0.39 is 34.1 Å². The largest absolute Gasteiger partial charge is 0.455 e. The molecule has 0 saturated carbocycles. The number of hydrogen-bond donors (Lipinski definition) is 1. The minimum Gasteiger partial charge on any atom is -0.455 e. The van der Waals surface area contributed by atoms with Crippen molar-refractivity contribution >= 4 is 37.6 Å². The SMILES string of the molecule is O=C(COC(=O)CS(=O)(=O)Cc1cccc(Br)c1)NC1CCCc2ccccc21. The quantitative estimate of drug-likeness (QED) is 0.616. The average molecular weight is 480 g/mol. The zero-order valence-electron chi connectivity index (χ0n) is 15.8. The van der Waals surface area contributed by atoms with E-state index in [4.69, 9.17) is 4.74 Å². The second-order valence-electron chi connectivity index (χ2n) is 7.03. The molecule has 1 amide bonds. The summed E-state index contributed by atoms with van der Waals surface area (Å²) < 4.78 is 30.1. The van der Waals surface area contributed by atoms with Gasteiger partial charge in [-0.05, 0) is 48.1 Å². The molecule has 2 aromatic rings. The van der Waals surface area contributed by atoms with Crippen LogP contribution in [-0.4, -0.2) is 32.7 Å². The van der Waals surface area contributed by atoms with Crippen molar-refractivity contribution in [3.05, 3.63) is 69.7 Å². The van der Waals surface area contributed by atoms with E-state index in [0.717, 1.165) is 29.3 Å². The van der Waals surface area contributed by atoms with Crippen molar-refractivity contribution in [2.24, 2.45) is 0 Å². The number of fused-ring (bicyclic) bond motifs is 1. The van der Waals surface area contributed by atoms with Gasteiger partial charge < -0.3 is 10.1 Å². The molecular formula is C21H22BrNO5S. The van der Waals surface area contributed by atoms with Crippen LogP contribution in [0.2, 0.25) is 0 Å². The summed E-state index contributed by atoms with van der Waals surface area (Å²) in [6, 6.07) is 14.7. The van der Waals surface area contributed by atoms with E-state index in [1.165, 1.54) is 5.56 Å². The molecule has 0 heterocycles. The Bertz CT molecular complexity index is 1010. The summed E-state index contributed by atoms with van der Waals surface area (Å²) in [7, 11) is -3.69. The second kappa shape index (κ2) is 9.54. The summed E-state index contributed by atoms with van der Waals surface area (Å²) >= 11 is 3.28. The maximum atomic E-state index is 12.2. The molecule has 8 heteroatoms. The first kappa shape index (κ1) is 21.5. The van der Waals surface area contributed by atoms with E-state index in [1.807, 2.05) is 24.3 Å². The molecule has 154 valence electrons. The van der Waals surface area contributed by atoms with Gasteiger partial charge in [0.25, 0.3) is 5.91 Å². The van der Waals surface area contributed by atoms with E-state index in [1.54, 1.807) is 24.3 Å². The zero-order valence-corrected chi connectivity index (χ0v) is 18.2. The first-order valence-electron chi connectivity index (χ1n) is 9.30. The number of rotatable bonds is 7. The van der Waals surface area contributed by atoms with Gasteiger partial charge >= 0.3 is 5.97 Å². The third-order valence-corrected chi connectivity index (χ3v) is 6.62. The smallest absolute Gasteiger partial charge is 0.321 e. The number of benzene rings is 2. The van der Waals surface area contributed by atoms with Crippen molar-refractivity contribution in [3.8, 4) is 0 Å². The molecular weight excluding hydrogens is 458 g/mol. The molecule has 0 fully saturated rings. The second-order valence-corrected chi connectivity index (χ2v) is 10.0. The Morgan fingerprint density at radius 1 is 1.14 bits per heavy atom. The highest BCUT2D eigenvalue weighted by Crippen LogP contribution is 2.29. The first-order valence-corrected chi connectivity index (χ1v) is 11.9. The number of hydrogen-bond acceptors (Lipinski definition) is 5. The Kier molecular flexibility index (Phi) is 7.08. The van der Waals surface area contributed by atoms with Crippen molar-refractivity contribution in [1.29, 1.82) is 0 Å². The molecule has 0 radical (unpaired) electrons. The van der Waals surface area contributed by atoms with Gasteiger partial charge in [-0.1, -0.05) is 52.3 Å². The number of halogens is 1. The van der Waals surface area contributed by atoms with Crippen molar-refractivity contribution in [3.63, 3.8) is 0 Å². The summed E-state index contributed by atoms with van der Waals surface area (Å²) in [5.41, 5.74) is 2.86. The Labute approximate surface area is 178 Å². The van der Waals surface area contributed by atoms with Gasteiger partial charge in [-0.2, -0.15) is 0 Å². The Hall–Kier alpha value is -2.19. The van der Waals surface area contributed by atoms with Crippen LogP contribution in [0.15, 0.2) is 53.0 Å². The molecule has 2 aromatic carbocycles. The van der Waals surface area contributed by atoms with Gasteiger partial charge in [-0.25, -0.2) is 8.42 Å². The van der Waals surface area contributed by atoms with Crippen LogP contribution in [-0.2, 0) is 36.3 Å². The van der Waals surface area contributed by atoms with Gasteiger partial charge in [-0.15, -0.1) is 0 Å². The molecule has 0 spiro atoms. The predicted molar refractivity (Wildman–Crippen MR) is 113 cm³/mol. The monoisotopic (exact) mass is 479 g/mol. The number of carbonyl (C=O) groups is 2. The van der Waals surface area contributed by atoms with Crippen LogP contribution in [0.4, 0.5) is 0 Å². The fraction of sp³-hybridized carbons (Fsp3) is 0.333. The molecule has 0 aliphatic heterocycles. The van der Waals surface area contributed by atoms with E-state index in [0.29, 0.717) is 5.56 Å². The highest BCUT2D eigenvalue weighted by molar-refractivity contribution is 9.10. The van der Waals surface area contributed by atoms with Gasteiger partial charge in [0.05, 0.1) is 11.8 Å². The van der Waals surface area contributed by atoms with Gasteiger partial charge in [0.15, 0.2) is 16.4 Å². The van der Waals surface area contributed by atoms with Crippen molar-refractivity contribution in [2.45, 2.75) is 31.1 Å². The summed E-state index contributed by atoms with van der Waals surface area (Å²) in [6.45, 7) is -0.496. The molecule has 1 aliphatic carbocycles. The summed E-state index contributed by atoms with van der Waals surface area (Å²) in [5, 5.41) is 2.87. The Balaban J connectivity index is 1.48. The third kappa shape index (κ3) is 6.40. The molecule has 0 bridgehead atoms. The van der Waals surface area contributed by atoms with Gasteiger partial charge in [0, 0.05) is 4.47 Å². The molecule has 1 aliphatic rings. The van der Waals surface area contributed by atoms with Crippen LogP contribution in [0.3, 0.4) is 0 Å². The number of esters is 1. The van der Waals surface area contributed by atoms with Crippen LogP contribution in [0.1, 0.15) is 35.6 Å². The van der Waals surface area contributed by atoms with Gasteiger partial charge in [-0.3, -0.25) is 9.59 Å². The van der Waals surface area contributed by atoms with Crippen LogP contribution in [0.5, 0.6) is 0 Å². The molecule has 0 saturated heterocycles. The minimum atomic E-state index is -3.69. The lowest BCUT2D eigenvalue weighted by atomic mass is 9.88. The van der Waals surface area contributed by atoms with Crippen LogP contribution in [0.25, 0.3) is 0 Å². The van der Waals surface area contributed by atoms with E-state index in [9.17, 15) is 18.0 Å². The van der Waals surface area contributed by atoms with Crippen LogP contribution < -0.4 is 5.32 Å². The topological polar surface area (TPSA) is 89.5 Å². The standard InChI is InChI=1S/C21H22BrNO5S/c22-17-8-3-5-15(11-17)13-29(26,27)14-21(25)28-12-20(24)23-19-10-4-7-16-6-1-2-9-18(16)19/h1-3,5-6,8-9,11,19H,4,7,10,12-14H2,(H,23,24). The molecule has 6 nitrogen and oxygen atoms in total. The first-order chi connectivity index (χ1) is 13.8. The van der Waals surface area contributed by atoms with Crippen LogP contribution >= 0.6 is 15.9 Å². The number of sulfone groups is 1. The predicted octanol–water partition coefficient (Wildman–Crippen LogP) is 3.10. The lowest BCUT2D eigenvalue weighted by molar-refractivity contribution is -0.146. The van der Waals surface area contributed by atoms with Crippen LogP contribution in [0, 0.1) is 0 Å². The number of carbonyl (C=O) groups excluding carboxylic acids is 2. The molecule has 1 N–H and O–H groups in total. The van der Waals surface area contributed by atoms with Crippen molar-refractivity contribution in [2.75, 3.05) is 12.4 Å². The zero-order chi connectivity index (χ0) is 20.9. The molecule has 3 rings (SSSR count). The maximum Gasteiger partial charge on any atom is 0.321 e. The lowest BCUT2D eigenvalue weighted by Crippen LogP contribution is -2.34. The number of nitrogens with one attached hydrogen (secondary N) is 1. The number of amides is 1. The van der Waals surface area contributed by atoms with E-state index >= 15 is 0 Å². The lowest BCUT2D eigenvalue weighted by Gasteiger charge is -2.26. The minimum absolute atomic E-state index is 0.119. The summed E-state index contributed by atoms with van der Waals surface area (Å²) in [4.78, 5) is 24.1. The molecule has 29 heavy (non-hydrogen) atoms. The fourth-order valence-electron chi connectivity index (χ4n) is 3.44. The Morgan fingerprint density at radius 2 is 1.93 bits per heavy atom. The third-order valence-electron chi connectivity index (χ3n) is 4.68. The molecule has 0 aromatic heterocycles. The average Bonchev–Trinajstić information content (AvgIpc) is 2.66. The Morgan fingerprint density at radius 3 is 2.72 bits per heavy atom. The molecule has 1 atom stereocenters. The highest BCUT2D eigenvalue weighted by atomic mass is 79.9. The van der Waals surface area contributed by atoms with Gasteiger partial charge in [0.2, 0.25) is 0 Å². The maximum absolute atomic E-state index is 12.2. The highest BCUT2D eigenvalue weighted by Gasteiger charge is 2.23. The number of aryl methyl sites for hydroxylation is 1. The van der Waals surface area contributed by atoms with Crippen molar-refractivity contribution in [1.82, 2.24) is 5.32 Å². The number of ether oxygens (including phenoxy) is 1. The van der Waals surface area contributed by atoms with E-state index in [2.05, 4.69) is 21.2 Å². The van der Waals surface area contributed by atoms with E-state index in [-0.39, 0.29) is 11.8 Å². The van der Waals surface area contributed by atoms with Crippen molar-refractivity contribution < 1.29 is 22.7 Å². The summed E-state index contributed by atoms with van der Waals surface area (Å²) in [5.74, 6) is -2.41. The normalized spacial score (nSPS) is 16.0. The molecule has 1 unspecified atom stereocenters.